The normalized spacial score (nSPS) is 14.6. The Morgan fingerprint density at radius 1 is 0.973 bits per heavy atom. The van der Waals surface area contributed by atoms with Crippen LogP contribution in [0.3, 0.4) is 0 Å². The van der Waals surface area contributed by atoms with Gasteiger partial charge < -0.3 is 13.9 Å². The molecule has 1 aliphatic heterocycles. The van der Waals surface area contributed by atoms with E-state index in [1.165, 1.54) is 4.90 Å². The van der Waals surface area contributed by atoms with Gasteiger partial charge in [0, 0.05) is 5.69 Å². The largest absolute Gasteiger partial charge is 0.494 e. The molecule has 3 aromatic carbocycles. The number of rotatable bonds is 8. The molecule has 0 saturated heterocycles. The topological polar surface area (TPSA) is 86.0 Å². The third-order valence-electron chi connectivity index (χ3n) is 6.37. The number of anilines is 1. The van der Waals surface area contributed by atoms with Crippen LogP contribution in [0.2, 0.25) is 0 Å². The first kappa shape index (κ1) is 24.3. The minimum Gasteiger partial charge on any atom is -0.494 e. The van der Waals surface area contributed by atoms with Gasteiger partial charge >= 0.3 is 5.97 Å². The van der Waals surface area contributed by atoms with Crippen LogP contribution in [0.1, 0.15) is 64.8 Å². The lowest BCUT2D eigenvalue weighted by Crippen LogP contribution is -2.29. The lowest BCUT2D eigenvalue weighted by atomic mass is 9.98. The van der Waals surface area contributed by atoms with Crippen LogP contribution in [-0.4, -0.2) is 25.1 Å². The van der Waals surface area contributed by atoms with Gasteiger partial charge in [-0.3, -0.25) is 14.5 Å². The number of unbranched alkanes of at least 4 members (excludes halogenated alkanes) is 1. The molecule has 188 valence electrons. The fraction of sp³-hybridized carbons (Fsp3) is 0.233. The lowest BCUT2D eigenvalue weighted by Gasteiger charge is -2.25. The van der Waals surface area contributed by atoms with Gasteiger partial charge in [0.15, 0.2) is 5.43 Å². The zero-order valence-electron chi connectivity index (χ0n) is 20.7. The van der Waals surface area contributed by atoms with Crippen molar-refractivity contribution in [2.24, 2.45) is 0 Å². The van der Waals surface area contributed by atoms with Crippen molar-refractivity contribution in [1.29, 1.82) is 0 Å². The standard InChI is InChI=1S/C30H27NO6/c1-3-5-17-36-30(34)19-13-15-21(16-14-19)31-26(20-9-8-10-22(18-20)35-4-2)25-27(32)23-11-6-7-12-24(23)37-28(25)29(31)33/h6-16,18,26H,3-5,17H2,1-2H3. The molecular weight excluding hydrogens is 470 g/mol. The molecule has 2 heterocycles. The Hall–Kier alpha value is -4.39. The average molecular weight is 498 g/mol. The van der Waals surface area contributed by atoms with Crippen molar-refractivity contribution >= 4 is 28.5 Å². The Morgan fingerprint density at radius 3 is 2.51 bits per heavy atom. The highest BCUT2D eigenvalue weighted by molar-refractivity contribution is 6.10. The number of carbonyl (C=O) groups is 2. The monoisotopic (exact) mass is 497 g/mol. The van der Waals surface area contributed by atoms with Gasteiger partial charge in [-0.25, -0.2) is 4.79 Å². The predicted molar refractivity (Wildman–Crippen MR) is 140 cm³/mol. The van der Waals surface area contributed by atoms with E-state index in [9.17, 15) is 14.4 Å². The van der Waals surface area contributed by atoms with E-state index in [0.717, 1.165) is 12.8 Å². The van der Waals surface area contributed by atoms with Gasteiger partial charge in [0.2, 0.25) is 5.76 Å². The van der Waals surface area contributed by atoms with Crippen LogP contribution in [0, 0.1) is 0 Å². The van der Waals surface area contributed by atoms with Gasteiger partial charge in [0.1, 0.15) is 11.3 Å². The van der Waals surface area contributed by atoms with Crippen LogP contribution in [0.5, 0.6) is 5.75 Å². The molecule has 4 aromatic rings. The van der Waals surface area contributed by atoms with Crippen LogP contribution >= 0.6 is 0 Å². The van der Waals surface area contributed by atoms with Crippen molar-refractivity contribution in [1.82, 2.24) is 0 Å². The molecular formula is C30H27NO6. The lowest BCUT2D eigenvalue weighted by molar-refractivity contribution is 0.0499. The van der Waals surface area contributed by atoms with E-state index in [1.54, 1.807) is 48.5 Å². The molecule has 37 heavy (non-hydrogen) atoms. The van der Waals surface area contributed by atoms with Crippen LogP contribution in [0.15, 0.2) is 82.0 Å². The molecule has 0 radical (unpaired) electrons. The Labute approximate surface area is 214 Å². The van der Waals surface area contributed by atoms with E-state index in [-0.39, 0.29) is 16.8 Å². The fourth-order valence-corrected chi connectivity index (χ4v) is 4.59. The highest BCUT2D eigenvalue weighted by Crippen LogP contribution is 2.42. The fourth-order valence-electron chi connectivity index (χ4n) is 4.59. The van der Waals surface area contributed by atoms with Crippen molar-refractivity contribution in [3.8, 4) is 5.75 Å². The second-order valence-electron chi connectivity index (χ2n) is 8.79. The van der Waals surface area contributed by atoms with Gasteiger partial charge in [-0.15, -0.1) is 0 Å². The molecule has 0 bridgehead atoms. The van der Waals surface area contributed by atoms with Crippen molar-refractivity contribution in [2.75, 3.05) is 18.1 Å². The highest BCUT2D eigenvalue weighted by Gasteiger charge is 2.43. The number of hydrogen-bond acceptors (Lipinski definition) is 6. The Morgan fingerprint density at radius 2 is 1.76 bits per heavy atom. The first-order valence-electron chi connectivity index (χ1n) is 12.4. The van der Waals surface area contributed by atoms with E-state index in [1.807, 2.05) is 38.1 Å². The summed E-state index contributed by atoms with van der Waals surface area (Å²) in [4.78, 5) is 41.3. The molecule has 1 amide bonds. The zero-order valence-corrected chi connectivity index (χ0v) is 20.7. The van der Waals surface area contributed by atoms with Crippen LogP contribution < -0.4 is 15.1 Å². The number of para-hydroxylation sites is 1. The summed E-state index contributed by atoms with van der Waals surface area (Å²) < 4.78 is 17.0. The second kappa shape index (κ2) is 10.3. The minimum atomic E-state index is -0.730. The van der Waals surface area contributed by atoms with Crippen molar-refractivity contribution in [2.45, 2.75) is 32.7 Å². The van der Waals surface area contributed by atoms with Gasteiger partial charge in [-0.1, -0.05) is 37.6 Å². The number of amides is 1. The molecule has 1 atom stereocenters. The van der Waals surface area contributed by atoms with Gasteiger partial charge in [0.05, 0.1) is 35.8 Å². The number of esters is 1. The third kappa shape index (κ3) is 4.48. The maximum absolute atomic E-state index is 13.8. The van der Waals surface area contributed by atoms with E-state index in [2.05, 4.69) is 0 Å². The summed E-state index contributed by atoms with van der Waals surface area (Å²) >= 11 is 0. The molecule has 1 unspecified atom stereocenters. The summed E-state index contributed by atoms with van der Waals surface area (Å²) in [5.74, 6) is -0.196. The summed E-state index contributed by atoms with van der Waals surface area (Å²) in [6.45, 7) is 4.76. The highest BCUT2D eigenvalue weighted by atomic mass is 16.5. The van der Waals surface area contributed by atoms with Crippen LogP contribution in [0.4, 0.5) is 5.69 Å². The molecule has 0 N–H and O–H groups in total. The summed E-state index contributed by atoms with van der Waals surface area (Å²) in [6.07, 6.45) is 1.72. The van der Waals surface area contributed by atoms with Gasteiger partial charge in [0.25, 0.3) is 5.91 Å². The summed E-state index contributed by atoms with van der Waals surface area (Å²) in [5, 5.41) is 0.409. The predicted octanol–water partition coefficient (Wildman–Crippen LogP) is 5.90. The van der Waals surface area contributed by atoms with E-state index < -0.39 is 17.9 Å². The summed E-state index contributed by atoms with van der Waals surface area (Å²) in [5.41, 5.74) is 2.00. The molecule has 0 spiro atoms. The molecule has 1 aromatic heterocycles. The number of carbonyl (C=O) groups excluding carboxylic acids is 2. The smallest absolute Gasteiger partial charge is 0.338 e. The van der Waals surface area contributed by atoms with Gasteiger partial charge in [-0.05, 0) is 67.4 Å². The quantitative estimate of drug-likeness (QED) is 0.223. The molecule has 5 rings (SSSR count). The number of fused-ring (bicyclic) bond motifs is 2. The Balaban J connectivity index is 1.61. The number of benzene rings is 3. The van der Waals surface area contributed by atoms with E-state index >= 15 is 0 Å². The molecule has 7 heteroatoms. The molecule has 1 aliphatic rings. The zero-order chi connectivity index (χ0) is 25.9. The summed E-state index contributed by atoms with van der Waals surface area (Å²) in [7, 11) is 0. The molecule has 0 aliphatic carbocycles. The van der Waals surface area contributed by atoms with Crippen LogP contribution in [0.25, 0.3) is 11.0 Å². The molecule has 0 fully saturated rings. The first-order chi connectivity index (χ1) is 18.0. The Kier molecular flexibility index (Phi) is 6.77. The third-order valence-corrected chi connectivity index (χ3v) is 6.37. The number of hydrogen-bond donors (Lipinski definition) is 0. The van der Waals surface area contributed by atoms with Crippen molar-refractivity contribution in [3.05, 3.63) is 105 Å². The average Bonchev–Trinajstić information content (AvgIpc) is 3.21. The maximum Gasteiger partial charge on any atom is 0.338 e. The first-order valence-corrected chi connectivity index (χ1v) is 12.4. The van der Waals surface area contributed by atoms with Crippen molar-refractivity contribution in [3.63, 3.8) is 0 Å². The molecule has 0 saturated carbocycles. The minimum absolute atomic E-state index is 0.0126. The SMILES string of the molecule is CCCCOC(=O)c1ccc(N2C(=O)c3oc4ccccc4c(=O)c3C2c2cccc(OCC)c2)cc1. The van der Waals surface area contributed by atoms with Crippen LogP contribution in [-0.2, 0) is 4.74 Å². The Bertz CT molecular complexity index is 1520. The van der Waals surface area contributed by atoms with E-state index in [4.69, 9.17) is 13.9 Å². The number of ether oxygens (including phenoxy) is 2. The maximum atomic E-state index is 13.8. The van der Waals surface area contributed by atoms with E-state index in [0.29, 0.717) is 46.7 Å². The van der Waals surface area contributed by atoms with Crippen molar-refractivity contribution < 1.29 is 23.5 Å². The summed E-state index contributed by atoms with van der Waals surface area (Å²) in [6, 6.07) is 20.1. The second-order valence-corrected chi connectivity index (χ2v) is 8.79. The molecule has 7 nitrogen and oxygen atoms in total. The van der Waals surface area contributed by atoms with Gasteiger partial charge in [-0.2, -0.15) is 0 Å². The number of nitrogens with zero attached hydrogens (tertiary/aromatic N) is 1.